The van der Waals surface area contributed by atoms with Gasteiger partial charge in [-0.1, -0.05) is 84.4 Å². The highest BCUT2D eigenvalue weighted by molar-refractivity contribution is 6.30. The number of carbonyl (C=O) groups excluding carboxylic acids is 1. The number of benzene rings is 3. The third kappa shape index (κ3) is 5.37. The number of hydroxylamine groups is 2. The summed E-state index contributed by atoms with van der Waals surface area (Å²) in [6.45, 7) is 0. The Morgan fingerprint density at radius 3 is 2.15 bits per heavy atom. The highest BCUT2D eigenvalue weighted by Crippen LogP contribution is 2.43. The van der Waals surface area contributed by atoms with E-state index in [0.29, 0.717) is 17.0 Å². The summed E-state index contributed by atoms with van der Waals surface area (Å²) in [6, 6.07) is 24.1. The number of rotatable bonds is 6. The van der Waals surface area contributed by atoms with Crippen LogP contribution in [0.3, 0.4) is 0 Å². The molecule has 8 heteroatoms. The number of carbonyl (C=O) groups is 1. The van der Waals surface area contributed by atoms with Gasteiger partial charge in [-0.25, -0.2) is 4.79 Å². The smallest absolute Gasteiger partial charge is 0.330 e. The van der Waals surface area contributed by atoms with E-state index in [0.717, 1.165) is 16.2 Å². The first-order valence-corrected chi connectivity index (χ1v) is 10.7. The molecule has 0 N–H and O–H groups in total. The van der Waals surface area contributed by atoms with Crippen molar-refractivity contribution < 1.29 is 22.8 Å². The first kappa shape index (κ1) is 22.9. The number of aryl methyl sites for hydroxylation is 1. The van der Waals surface area contributed by atoms with E-state index < -0.39 is 24.2 Å². The Hall–Kier alpha value is -3.32. The molecule has 0 aromatic heterocycles. The summed E-state index contributed by atoms with van der Waals surface area (Å²) in [7, 11) is 0. The minimum atomic E-state index is -5.13. The predicted octanol–water partition coefficient (Wildman–Crippen LogP) is 6.49. The van der Waals surface area contributed by atoms with Crippen molar-refractivity contribution in [2.24, 2.45) is 4.99 Å². The van der Waals surface area contributed by atoms with E-state index in [9.17, 15) is 18.0 Å². The second-order valence-corrected chi connectivity index (χ2v) is 8.03. The summed E-state index contributed by atoms with van der Waals surface area (Å²) in [5.74, 6) is -2.03. The van der Waals surface area contributed by atoms with Crippen LogP contribution in [0.2, 0.25) is 5.02 Å². The lowest BCUT2D eigenvalue weighted by Crippen LogP contribution is -2.39. The van der Waals surface area contributed by atoms with Crippen LogP contribution in [0.4, 0.5) is 13.2 Å². The Kier molecular flexibility index (Phi) is 6.70. The number of hydrogen-bond donors (Lipinski definition) is 0. The fourth-order valence-corrected chi connectivity index (χ4v) is 4.04. The minimum Gasteiger partial charge on any atom is -0.330 e. The Bertz CT molecular complexity index is 1140. The summed E-state index contributed by atoms with van der Waals surface area (Å²) in [5, 5.41) is 1.58. The average molecular weight is 473 g/mol. The van der Waals surface area contributed by atoms with Crippen molar-refractivity contribution >= 4 is 23.4 Å². The van der Waals surface area contributed by atoms with Gasteiger partial charge in [0, 0.05) is 11.4 Å². The monoisotopic (exact) mass is 472 g/mol. The second kappa shape index (κ2) is 9.67. The quantitative estimate of drug-likeness (QED) is 0.412. The molecule has 2 unspecified atom stereocenters. The van der Waals surface area contributed by atoms with Gasteiger partial charge in [-0.05, 0) is 35.2 Å². The van der Waals surface area contributed by atoms with Crippen LogP contribution in [0, 0.1) is 0 Å². The Morgan fingerprint density at radius 1 is 0.909 bits per heavy atom. The molecule has 1 aliphatic heterocycles. The van der Waals surface area contributed by atoms with Crippen LogP contribution in [-0.4, -0.2) is 23.0 Å². The van der Waals surface area contributed by atoms with E-state index >= 15 is 0 Å². The van der Waals surface area contributed by atoms with Crippen LogP contribution in [0.1, 0.15) is 35.2 Å². The molecule has 170 valence electrons. The van der Waals surface area contributed by atoms with Gasteiger partial charge in [0.25, 0.3) is 0 Å². The summed E-state index contributed by atoms with van der Waals surface area (Å²) in [4.78, 5) is 21.5. The lowest BCUT2D eigenvalue weighted by molar-refractivity contribution is -0.230. The molecule has 3 aromatic rings. The largest absolute Gasteiger partial charge is 0.493 e. The molecule has 0 spiro atoms. The summed E-state index contributed by atoms with van der Waals surface area (Å²) in [6.07, 6.45) is -4.41. The predicted molar refractivity (Wildman–Crippen MR) is 120 cm³/mol. The van der Waals surface area contributed by atoms with Crippen molar-refractivity contribution in [1.29, 1.82) is 0 Å². The molecular weight excluding hydrogens is 453 g/mol. The SMILES string of the molecule is O=C(ON1C(CCc2cccc(Cl)c2)=NC(c2ccccc2)C1c1ccccc1)C(F)(F)F. The lowest BCUT2D eigenvalue weighted by atomic mass is 9.95. The van der Waals surface area contributed by atoms with Crippen molar-refractivity contribution in [1.82, 2.24) is 5.06 Å². The lowest BCUT2D eigenvalue weighted by Gasteiger charge is -2.29. The Balaban J connectivity index is 1.72. The average Bonchev–Trinajstić information content (AvgIpc) is 3.16. The molecule has 3 aromatic carbocycles. The molecule has 0 saturated heterocycles. The van der Waals surface area contributed by atoms with Gasteiger partial charge in [0.05, 0.1) is 0 Å². The molecule has 1 heterocycles. The van der Waals surface area contributed by atoms with E-state index in [4.69, 9.17) is 21.4 Å². The van der Waals surface area contributed by atoms with Gasteiger partial charge in [0.2, 0.25) is 0 Å². The molecule has 4 nitrogen and oxygen atoms in total. The molecular formula is C25H20ClF3N2O2. The summed E-state index contributed by atoms with van der Waals surface area (Å²) >= 11 is 6.06. The van der Waals surface area contributed by atoms with E-state index in [-0.39, 0.29) is 12.3 Å². The normalized spacial score (nSPS) is 18.2. The maximum Gasteiger partial charge on any atom is 0.493 e. The molecule has 33 heavy (non-hydrogen) atoms. The fourth-order valence-electron chi connectivity index (χ4n) is 3.83. The molecule has 0 aliphatic carbocycles. The van der Waals surface area contributed by atoms with Gasteiger partial charge >= 0.3 is 12.1 Å². The van der Waals surface area contributed by atoms with Crippen molar-refractivity contribution in [2.45, 2.75) is 31.1 Å². The molecule has 0 bridgehead atoms. The van der Waals surface area contributed by atoms with E-state index in [2.05, 4.69) is 0 Å². The zero-order valence-corrected chi connectivity index (χ0v) is 18.1. The van der Waals surface area contributed by atoms with Crippen LogP contribution < -0.4 is 0 Å². The second-order valence-electron chi connectivity index (χ2n) is 7.59. The van der Waals surface area contributed by atoms with Gasteiger partial charge in [0.15, 0.2) is 0 Å². The van der Waals surface area contributed by atoms with Gasteiger partial charge < -0.3 is 4.84 Å². The maximum atomic E-state index is 13.1. The van der Waals surface area contributed by atoms with Gasteiger partial charge in [-0.3, -0.25) is 4.99 Å². The van der Waals surface area contributed by atoms with Crippen molar-refractivity contribution in [3.63, 3.8) is 0 Å². The van der Waals surface area contributed by atoms with E-state index in [1.54, 1.807) is 42.5 Å². The fraction of sp³-hybridized carbons (Fsp3) is 0.200. The molecule has 0 amide bonds. The van der Waals surface area contributed by atoms with Crippen LogP contribution in [-0.2, 0) is 16.1 Å². The molecule has 0 saturated carbocycles. The number of aliphatic imine (C=N–C) groups is 1. The van der Waals surface area contributed by atoms with Crippen LogP contribution >= 0.6 is 11.6 Å². The molecule has 2 atom stereocenters. The summed E-state index contributed by atoms with van der Waals surface area (Å²) < 4.78 is 39.4. The first-order chi connectivity index (χ1) is 15.8. The van der Waals surface area contributed by atoms with Crippen LogP contribution in [0.5, 0.6) is 0 Å². The maximum absolute atomic E-state index is 13.1. The highest BCUT2D eigenvalue weighted by atomic mass is 35.5. The van der Waals surface area contributed by atoms with Gasteiger partial charge in [-0.15, -0.1) is 0 Å². The van der Waals surface area contributed by atoms with Crippen molar-refractivity contribution in [3.05, 3.63) is 107 Å². The number of halogens is 4. The summed E-state index contributed by atoms with van der Waals surface area (Å²) in [5.41, 5.74) is 2.38. The standard InChI is InChI=1S/C25H20ClF3N2O2/c26-20-13-7-8-17(16-20)14-15-21-30-22(18-9-3-1-4-10-18)23(19-11-5-2-6-12-19)31(21)33-24(32)25(27,28)29/h1-13,16,22-23H,14-15H2. The zero-order valence-electron chi connectivity index (χ0n) is 17.4. The van der Waals surface area contributed by atoms with Crippen LogP contribution in [0.25, 0.3) is 0 Å². The van der Waals surface area contributed by atoms with Gasteiger partial charge in [-0.2, -0.15) is 18.2 Å². The first-order valence-electron chi connectivity index (χ1n) is 10.3. The highest BCUT2D eigenvalue weighted by Gasteiger charge is 2.47. The van der Waals surface area contributed by atoms with E-state index in [1.807, 2.05) is 42.5 Å². The number of alkyl halides is 3. The van der Waals surface area contributed by atoms with E-state index in [1.165, 1.54) is 0 Å². The molecule has 4 rings (SSSR count). The Labute approximate surface area is 194 Å². The Morgan fingerprint density at radius 2 is 1.55 bits per heavy atom. The third-order valence-electron chi connectivity index (χ3n) is 5.32. The molecule has 0 fully saturated rings. The number of nitrogens with zero attached hydrogens (tertiary/aromatic N) is 2. The van der Waals surface area contributed by atoms with Crippen molar-refractivity contribution in [2.75, 3.05) is 0 Å². The van der Waals surface area contributed by atoms with Gasteiger partial charge in [0.1, 0.15) is 17.9 Å². The third-order valence-corrected chi connectivity index (χ3v) is 5.55. The molecule has 1 aliphatic rings. The minimum absolute atomic E-state index is 0.260. The molecule has 0 radical (unpaired) electrons. The van der Waals surface area contributed by atoms with Crippen molar-refractivity contribution in [3.8, 4) is 0 Å². The van der Waals surface area contributed by atoms with Crippen LogP contribution in [0.15, 0.2) is 89.9 Å². The topological polar surface area (TPSA) is 41.9 Å². The zero-order chi connectivity index (χ0) is 23.4. The number of amidine groups is 1. The number of hydrogen-bond acceptors (Lipinski definition) is 4.